The van der Waals surface area contributed by atoms with Gasteiger partial charge >= 0.3 is 14.5 Å². The van der Waals surface area contributed by atoms with Crippen LogP contribution < -0.4 is 9.13 Å². The van der Waals surface area contributed by atoms with Gasteiger partial charge in [-0.05, 0) is 17.5 Å². The van der Waals surface area contributed by atoms with Gasteiger partial charge in [0.1, 0.15) is 13.6 Å². The lowest BCUT2D eigenvalue weighted by Crippen LogP contribution is -2.46. The second kappa shape index (κ2) is 15.6. The van der Waals surface area contributed by atoms with Gasteiger partial charge in [0.15, 0.2) is 23.8 Å². The van der Waals surface area contributed by atoms with Gasteiger partial charge in [0.05, 0.1) is 0 Å². The second-order valence-corrected chi connectivity index (χ2v) is 11.7. The maximum absolute atomic E-state index is 9.75. The Bertz CT molecular complexity index is 919. The van der Waals surface area contributed by atoms with E-state index in [1.165, 1.54) is 61.0 Å². The highest BCUT2D eigenvalue weighted by atomic mass is 19.5. The molecule has 0 amide bonds. The maximum Gasteiger partial charge on any atom is 0.673 e. The lowest BCUT2D eigenvalue weighted by atomic mass is 9.85. The first-order valence-electron chi connectivity index (χ1n) is 13.3. The molecule has 0 N–H and O–H groups in total. The van der Waals surface area contributed by atoms with Crippen LogP contribution in [0.15, 0.2) is 36.7 Å². The Balaban J connectivity index is 0.00000123. The quantitative estimate of drug-likeness (QED) is 0.130. The van der Waals surface area contributed by atoms with E-state index in [9.17, 15) is 34.5 Å². The molecule has 2 heterocycles. The van der Waals surface area contributed by atoms with Gasteiger partial charge in [-0.25, -0.2) is 9.13 Å². The number of hydrogen-bond donors (Lipinski definition) is 0. The molecule has 2 nitrogen and oxygen atoms in total. The Morgan fingerprint density at radius 3 is 1.33 bits per heavy atom. The molecule has 0 aliphatic rings. The minimum atomic E-state index is -6.00. The molecule has 0 fully saturated rings. The number of rotatable bonds is 8. The third-order valence-electron chi connectivity index (χ3n) is 5.84. The van der Waals surface area contributed by atoms with Crippen LogP contribution in [0.3, 0.4) is 0 Å². The summed E-state index contributed by atoms with van der Waals surface area (Å²) >= 11 is 0. The standard InChI is InChI=1S/C27H44N2.2BF4/c1-9-10-11-12-13-14-17-29-18-15-22(16-19-29)23-20-24(26(2,3)4)28(8)25(21-23)27(5,6)7;2*2-1(3,4)5/h15-16,18-21H,9-14,17H2,1-8H3;;/q+2;2*-1. The highest BCUT2D eigenvalue weighted by molar-refractivity contribution is 6.50. The summed E-state index contributed by atoms with van der Waals surface area (Å²) in [6, 6.07) is 9.32. The minimum absolute atomic E-state index is 0.108. The first-order valence-corrected chi connectivity index (χ1v) is 13.3. The average Bonchev–Trinajstić information content (AvgIpc) is 2.73. The zero-order valence-electron chi connectivity index (χ0n) is 24.5. The van der Waals surface area contributed by atoms with Crippen molar-refractivity contribution in [2.45, 2.75) is 104 Å². The molecule has 0 unspecified atom stereocenters. The molecule has 0 aliphatic heterocycles. The summed E-state index contributed by atoms with van der Waals surface area (Å²) in [5, 5.41) is 0. The molecular weight excluding hydrogens is 526 g/mol. The van der Waals surface area contributed by atoms with E-state index in [4.69, 9.17) is 0 Å². The SMILES string of the molecule is CCCCCCCC[n+]1ccc(-c2cc(C(C)(C)C)[n+](C)c(C(C)(C)C)c2)cc1.F[B-](F)(F)F.F[B-](F)(F)F. The van der Waals surface area contributed by atoms with E-state index in [-0.39, 0.29) is 10.8 Å². The van der Waals surface area contributed by atoms with Crippen molar-refractivity contribution in [3.63, 3.8) is 0 Å². The average molecular weight is 570 g/mol. The third kappa shape index (κ3) is 18.0. The number of aromatic nitrogens is 2. The second-order valence-electron chi connectivity index (χ2n) is 11.7. The van der Waals surface area contributed by atoms with Crippen LogP contribution in [-0.2, 0) is 24.4 Å². The monoisotopic (exact) mass is 570 g/mol. The van der Waals surface area contributed by atoms with Gasteiger partial charge in [0.2, 0.25) is 0 Å². The van der Waals surface area contributed by atoms with E-state index < -0.39 is 14.5 Å². The maximum atomic E-state index is 9.75. The van der Waals surface area contributed by atoms with Gasteiger partial charge in [0, 0.05) is 41.5 Å². The molecule has 0 saturated carbocycles. The van der Waals surface area contributed by atoms with Gasteiger partial charge in [-0.2, -0.15) is 0 Å². The van der Waals surface area contributed by atoms with E-state index in [1.54, 1.807) is 0 Å². The molecule has 0 bridgehead atoms. The number of nitrogens with zero attached hydrogens (tertiary/aromatic N) is 2. The summed E-state index contributed by atoms with van der Waals surface area (Å²) in [6.07, 6.45) is 12.6. The fourth-order valence-corrected chi connectivity index (χ4v) is 4.14. The van der Waals surface area contributed by atoms with E-state index in [2.05, 4.69) is 101 Å². The van der Waals surface area contributed by atoms with Crippen molar-refractivity contribution in [1.29, 1.82) is 0 Å². The fraction of sp³-hybridized carbons (Fsp3) is 0.630. The Morgan fingerprint density at radius 1 is 0.615 bits per heavy atom. The molecule has 0 aliphatic carbocycles. The Morgan fingerprint density at radius 2 is 0.974 bits per heavy atom. The predicted octanol–water partition coefficient (Wildman–Crippen LogP) is 9.02. The smallest absolute Gasteiger partial charge is 0.418 e. The van der Waals surface area contributed by atoms with E-state index in [0.29, 0.717) is 0 Å². The van der Waals surface area contributed by atoms with Crippen molar-refractivity contribution in [3.05, 3.63) is 48.0 Å². The molecule has 2 rings (SSSR count). The third-order valence-corrected chi connectivity index (χ3v) is 5.84. The number of halogens is 8. The van der Waals surface area contributed by atoms with Gasteiger partial charge in [-0.15, -0.1) is 0 Å². The van der Waals surface area contributed by atoms with Gasteiger partial charge in [0.25, 0.3) is 0 Å². The Kier molecular flexibility index (Phi) is 14.8. The van der Waals surface area contributed by atoms with Crippen LogP contribution >= 0.6 is 0 Å². The molecular formula is C27H44B2F8N2. The molecule has 0 radical (unpaired) electrons. The van der Waals surface area contributed by atoms with Crippen molar-refractivity contribution < 1.29 is 43.7 Å². The fourth-order valence-electron chi connectivity index (χ4n) is 4.14. The summed E-state index contributed by atoms with van der Waals surface area (Å²) in [6.45, 7) is 17.2. The van der Waals surface area contributed by atoms with E-state index in [1.807, 2.05) is 0 Å². The van der Waals surface area contributed by atoms with Crippen molar-refractivity contribution in [2.75, 3.05) is 0 Å². The highest BCUT2D eigenvalue weighted by Gasteiger charge is 2.32. The van der Waals surface area contributed by atoms with Crippen molar-refractivity contribution in [2.24, 2.45) is 7.05 Å². The van der Waals surface area contributed by atoms with Crippen LogP contribution in [0.4, 0.5) is 34.5 Å². The molecule has 224 valence electrons. The molecule has 0 aromatic carbocycles. The topological polar surface area (TPSA) is 7.76 Å². The normalized spacial score (nSPS) is 12.3. The predicted molar refractivity (Wildman–Crippen MR) is 144 cm³/mol. The summed E-state index contributed by atoms with van der Waals surface area (Å²) in [5.41, 5.74) is 5.60. The first-order chi connectivity index (χ1) is 17.5. The van der Waals surface area contributed by atoms with Crippen molar-refractivity contribution in [1.82, 2.24) is 0 Å². The lowest BCUT2D eigenvalue weighted by Gasteiger charge is -2.23. The molecule has 0 spiro atoms. The number of aryl methyl sites for hydroxylation is 1. The molecule has 0 saturated heterocycles. The molecule has 2 aromatic rings. The first kappa shape index (κ1) is 36.9. The highest BCUT2D eigenvalue weighted by Crippen LogP contribution is 2.29. The largest absolute Gasteiger partial charge is 0.673 e. The zero-order chi connectivity index (χ0) is 30.7. The van der Waals surface area contributed by atoms with Crippen LogP contribution in [0.1, 0.15) is 98.4 Å². The van der Waals surface area contributed by atoms with Crippen LogP contribution in [0, 0.1) is 0 Å². The zero-order valence-corrected chi connectivity index (χ0v) is 24.5. The van der Waals surface area contributed by atoms with Crippen LogP contribution in [0.25, 0.3) is 11.1 Å². The number of unbranched alkanes of at least 4 members (excludes halogenated alkanes) is 5. The van der Waals surface area contributed by atoms with Gasteiger partial charge in [-0.1, -0.05) is 74.1 Å². The Hall–Kier alpha value is -2.13. The van der Waals surface area contributed by atoms with E-state index in [0.717, 1.165) is 6.54 Å². The molecule has 2 aromatic heterocycles. The van der Waals surface area contributed by atoms with Crippen molar-refractivity contribution in [3.8, 4) is 11.1 Å². The molecule has 39 heavy (non-hydrogen) atoms. The number of hydrogen-bond acceptors (Lipinski definition) is 0. The Labute approximate surface area is 229 Å². The summed E-state index contributed by atoms with van der Waals surface area (Å²) in [5.74, 6) is 0. The van der Waals surface area contributed by atoms with E-state index >= 15 is 0 Å². The van der Waals surface area contributed by atoms with Crippen molar-refractivity contribution >= 4 is 14.5 Å². The number of pyridine rings is 2. The van der Waals surface area contributed by atoms with Crippen LogP contribution in [0.2, 0.25) is 0 Å². The minimum Gasteiger partial charge on any atom is -0.418 e. The summed E-state index contributed by atoms with van der Waals surface area (Å²) in [4.78, 5) is 0. The van der Waals surface area contributed by atoms with Gasteiger partial charge in [-0.3, -0.25) is 0 Å². The summed E-state index contributed by atoms with van der Waals surface area (Å²) in [7, 11) is -9.79. The molecule has 0 atom stereocenters. The lowest BCUT2D eigenvalue weighted by molar-refractivity contribution is -0.697. The molecule has 12 heteroatoms. The van der Waals surface area contributed by atoms with Gasteiger partial charge < -0.3 is 34.5 Å². The van der Waals surface area contributed by atoms with Crippen LogP contribution in [-0.4, -0.2) is 14.5 Å². The summed E-state index contributed by atoms with van der Waals surface area (Å²) < 4.78 is 82.7. The van der Waals surface area contributed by atoms with Crippen LogP contribution in [0.5, 0.6) is 0 Å².